The molecule has 2 aliphatic heterocycles. The summed E-state index contributed by atoms with van der Waals surface area (Å²) in [5.41, 5.74) is 0.0784. The highest BCUT2D eigenvalue weighted by atomic mass is 79.9. The average molecular weight is 519 g/mol. The van der Waals surface area contributed by atoms with E-state index >= 15 is 0 Å². The van der Waals surface area contributed by atoms with E-state index in [-0.39, 0.29) is 28.7 Å². The Bertz CT molecular complexity index is 972. The number of hydrogen-bond donors (Lipinski definition) is 0. The number of carbonyl (C=O) groups excluding carboxylic acids is 1. The van der Waals surface area contributed by atoms with E-state index in [1.54, 1.807) is 0 Å². The quantitative estimate of drug-likeness (QED) is 0.584. The molecular weight excluding hydrogens is 492 g/mol. The fourth-order valence-corrected chi connectivity index (χ4v) is 7.77. The lowest BCUT2D eigenvalue weighted by molar-refractivity contribution is -0.124. The highest BCUT2D eigenvalue weighted by Gasteiger charge is 2.50. The Morgan fingerprint density at radius 2 is 1.80 bits per heavy atom. The predicted octanol–water partition coefficient (Wildman–Crippen LogP) is 3.89. The van der Waals surface area contributed by atoms with E-state index in [4.69, 9.17) is 9.47 Å². The van der Waals surface area contributed by atoms with Crippen molar-refractivity contribution in [3.63, 3.8) is 0 Å². The van der Waals surface area contributed by atoms with Crippen LogP contribution in [0, 0.1) is 5.41 Å². The van der Waals surface area contributed by atoms with E-state index in [0.29, 0.717) is 35.6 Å². The standard InChI is InChI=1S/C20H27BrN2O5S2/c1-6-27-15-8-12(21)13(9-16(15)28-7-2)23-14-10-30(25,26)11-17(14)29-19(23)22-18(24)20(3,4)5/h8-9,14,17H,6-7,10-11H2,1-5H3/t14-,17-/m0/s1. The van der Waals surface area contributed by atoms with Crippen molar-refractivity contribution in [2.24, 2.45) is 10.4 Å². The number of nitrogens with zero attached hydrogens (tertiary/aromatic N) is 2. The third kappa shape index (κ3) is 4.80. The largest absolute Gasteiger partial charge is 0.490 e. The summed E-state index contributed by atoms with van der Waals surface area (Å²) in [6, 6.07) is 3.34. The van der Waals surface area contributed by atoms with Crippen LogP contribution in [-0.2, 0) is 14.6 Å². The number of benzene rings is 1. The van der Waals surface area contributed by atoms with E-state index in [9.17, 15) is 13.2 Å². The molecule has 0 unspecified atom stereocenters. The predicted molar refractivity (Wildman–Crippen MR) is 125 cm³/mol. The molecule has 1 aromatic rings. The molecule has 1 amide bonds. The van der Waals surface area contributed by atoms with Gasteiger partial charge in [-0.2, -0.15) is 4.99 Å². The van der Waals surface area contributed by atoms with Crippen LogP contribution in [0.5, 0.6) is 11.5 Å². The highest BCUT2D eigenvalue weighted by molar-refractivity contribution is 9.10. The number of amidine groups is 1. The molecule has 2 aliphatic rings. The summed E-state index contributed by atoms with van der Waals surface area (Å²) in [6.07, 6.45) is 0. The number of ether oxygens (including phenoxy) is 2. The minimum absolute atomic E-state index is 0.0248. The van der Waals surface area contributed by atoms with Crippen LogP contribution in [0.15, 0.2) is 21.6 Å². The number of amides is 1. The van der Waals surface area contributed by atoms with Crippen molar-refractivity contribution in [3.05, 3.63) is 16.6 Å². The number of aliphatic imine (C=N–C) groups is 1. The molecule has 0 N–H and O–H groups in total. The first-order valence-electron chi connectivity index (χ1n) is 9.85. The second-order valence-electron chi connectivity index (χ2n) is 8.24. The van der Waals surface area contributed by atoms with Gasteiger partial charge in [-0.3, -0.25) is 4.79 Å². The van der Waals surface area contributed by atoms with E-state index < -0.39 is 15.3 Å². The molecule has 7 nitrogen and oxygen atoms in total. The zero-order valence-corrected chi connectivity index (χ0v) is 21.0. The molecular formula is C20H27BrN2O5S2. The van der Waals surface area contributed by atoms with Gasteiger partial charge >= 0.3 is 0 Å². The second kappa shape index (κ2) is 8.70. The topological polar surface area (TPSA) is 85.3 Å². The van der Waals surface area contributed by atoms with Crippen molar-refractivity contribution in [1.29, 1.82) is 0 Å². The summed E-state index contributed by atoms with van der Waals surface area (Å²) in [5, 5.41) is 0.350. The van der Waals surface area contributed by atoms with Crippen molar-refractivity contribution < 1.29 is 22.7 Å². The van der Waals surface area contributed by atoms with Gasteiger partial charge in [0.25, 0.3) is 5.91 Å². The highest BCUT2D eigenvalue weighted by Crippen LogP contribution is 2.46. The first kappa shape index (κ1) is 23.4. The first-order chi connectivity index (χ1) is 14.0. The van der Waals surface area contributed by atoms with Crippen molar-refractivity contribution >= 4 is 54.3 Å². The lowest BCUT2D eigenvalue weighted by Gasteiger charge is -2.27. The summed E-state index contributed by atoms with van der Waals surface area (Å²) in [4.78, 5) is 18.9. The van der Waals surface area contributed by atoms with Crippen LogP contribution in [0.4, 0.5) is 5.69 Å². The summed E-state index contributed by atoms with van der Waals surface area (Å²) < 4.78 is 36.8. The van der Waals surface area contributed by atoms with Gasteiger partial charge in [0.1, 0.15) is 0 Å². The summed E-state index contributed by atoms with van der Waals surface area (Å²) in [7, 11) is -3.15. The molecule has 0 bridgehead atoms. The number of carbonyl (C=O) groups is 1. The van der Waals surface area contributed by atoms with Gasteiger partial charge in [0.15, 0.2) is 26.5 Å². The molecule has 0 aliphatic carbocycles. The molecule has 2 heterocycles. The number of hydrogen-bond acceptors (Lipinski definition) is 6. The molecule has 1 aromatic carbocycles. The Labute approximate surface area is 190 Å². The summed E-state index contributed by atoms with van der Waals surface area (Å²) >= 11 is 4.95. The Balaban J connectivity index is 2.11. The van der Waals surface area contributed by atoms with Crippen LogP contribution in [0.2, 0.25) is 0 Å². The maximum atomic E-state index is 12.6. The van der Waals surface area contributed by atoms with Gasteiger partial charge in [-0.05, 0) is 29.8 Å². The van der Waals surface area contributed by atoms with Crippen molar-refractivity contribution in [1.82, 2.24) is 0 Å². The van der Waals surface area contributed by atoms with Gasteiger partial charge in [0.2, 0.25) is 0 Å². The fourth-order valence-electron chi connectivity index (χ4n) is 3.35. The SMILES string of the molecule is CCOc1cc(Br)c(N2C(=NC(=O)C(C)(C)C)S[C@H]3CS(=O)(=O)C[C@@H]32)cc1OCC. The minimum Gasteiger partial charge on any atom is -0.490 e. The van der Waals surface area contributed by atoms with Crippen molar-refractivity contribution in [2.75, 3.05) is 29.6 Å². The molecule has 2 atom stereocenters. The van der Waals surface area contributed by atoms with Crippen molar-refractivity contribution in [3.8, 4) is 11.5 Å². The Hall–Kier alpha value is -1.26. The van der Waals surface area contributed by atoms with Crippen LogP contribution < -0.4 is 14.4 Å². The molecule has 0 saturated carbocycles. The van der Waals surface area contributed by atoms with Gasteiger partial charge in [-0.25, -0.2) is 8.42 Å². The van der Waals surface area contributed by atoms with Gasteiger partial charge in [0.05, 0.1) is 36.4 Å². The number of anilines is 1. The van der Waals surface area contributed by atoms with E-state index in [1.807, 2.05) is 51.7 Å². The molecule has 0 spiro atoms. The average Bonchev–Trinajstić information content (AvgIpc) is 3.08. The number of rotatable bonds is 5. The van der Waals surface area contributed by atoms with Crippen molar-refractivity contribution in [2.45, 2.75) is 45.9 Å². The third-order valence-electron chi connectivity index (χ3n) is 4.78. The molecule has 166 valence electrons. The van der Waals surface area contributed by atoms with Crippen LogP contribution in [-0.4, -0.2) is 55.5 Å². The van der Waals surface area contributed by atoms with E-state index in [0.717, 1.165) is 4.47 Å². The third-order valence-corrected chi connectivity index (χ3v) is 8.62. The molecule has 30 heavy (non-hydrogen) atoms. The molecule has 2 saturated heterocycles. The first-order valence-corrected chi connectivity index (χ1v) is 13.3. The Morgan fingerprint density at radius 3 is 2.37 bits per heavy atom. The normalized spacial score (nSPS) is 24.2. The molecule has 3 rings (SSSR count). The van der Waals surface area contributed by atoms with Gasteiger partial charge in [-0.1, -0.05) is 32.5 Å². The number of sulfone groups is 1. The molecule has 0 radical (unpaired) electrons. The monoisotopic (exact) mass is 518 g/mol. The maximum absolute atomic E-state index is 12.6. The Morgan fingerprint density at radius 1 is 1.20 bits per heavy atom. The van der Waals surface area contributed by atoms with Gasteiger partial charge < -0.3 is 14.4 Å². The lowest BCUT2D eigenvalue weighted by Crippen LogP contribution is -2.38. The fraction of sp³-hybridized carbons (Fsp3) is 0.600. The lowest BCUT2D eigenvalue weighted by atomic mass is 9.96. The molecule has 2 fully saturated rings. The van der Waals surface area contributed by atoms with Gasteiger partial charge in [-0.15, -0.1) is 0 Å². The summed E-state index contributed by atoms with van der Waals surface area (Å²) in [6.45, 7) is 10.2. The zero-order valence-electron chi connectivity index (χ0n) is 17.8. The number of thioether (sulfide) groups is 1. The van der Waals surface area contributed by atoms with Crippen LogP contribution in [0.3, 0.4) is 0 Å². The second-order valence-corrected chi connectivity index (χ2v) is 12.5. The smallest absolute Gasteiger partial charge is 0.253 e. The van der Waals surface area contributed by atoms with Crippen LogP contribution >= 0.6 is 27.7 Å². The molecule has 0 aromatic heterocycles. The van der Waals surface area contributed by atoms with E-state index in [2.05, 4.69) is 20.9 Å². The van der Waals surface area contributed by atoms with Crippen LogP contribution in [0.1, 0.15) is 34.6 Å². The Kier molecular flexibility index (Phi) is 6.79. The van der Waals surface area contributed by atoms with E-state index in [1.165, 1.54) is 11.8 Å². The molecule has 10 heteroatoms. The maximum Gasteiger partial charge on any atom is 0.253 e. The van der Waals surface area contributed by atoms with Gasteiger partial charge in [0, 0.05) is 27.3 Å². The number of halogens is 1. The minimum atomic E-state index is -3.15. The van der Waals surface area contributed by atoms with Crippen LogP contribution in [0.25, 0.3) is 0 Å². The summed E-state index contributed by atoms with van der Waals surface area (Å²) in [5.74, 6) is 1.02. The zero-order chi connectivity index (χ0) is 22.3. The number of fused-ring (bicyclic) bond motifs is 1.